The molecule has 1 aromatic carbocycles. The molecule has 2 N–H and O–H groups in total. The van der Waals surface area contributed by atoms with Crippen LogP contribution in [0.3, 0.4) is 0 Å². The zero-order valence-corrected chi connectivity index (χ0v) is 8.00. The molecule has 1 unspecified atom stereocenters. The van der Waals surface area contributed by atoms with Gasteiger partial charge in [0.25, 0.3) is 0 Å². The van der Waals surface area contributed by atoms with Crippen LogP contribution in [-0.2, 0) is 0 Å². The third-order valence-electron chi connectivity index (χ3n) is 2.36. The quantitative estimate of drug-likeness (QED) is 0.734. The molecule has 2 nitrogen and oxygen atoms in total. The Kier molecular flexibility index (Phi) is 2.79. The summed E-state index contributed by atoms with van der Waals surface area (Å²) in [6, 6.07) is 4.03. The summed E-state index contributed by atoms with van der Waals surface area (Å²) in [5, 5.41) is 12.3. The number of rotatable bonds is 1. The fourth-order valence-corrected chi connectivity index (χ4v) is 1.64. The molecule has 1 aromatic rings. The maximum Gasteiger partial charge on any atom is 0.166 e. The van der Waals surface area contributed by atoms with E-state index in [2.05, 4.69) is 5.32 Å². The van der Waals surface area contributed by atoms with Gasteiger partial charge < -0.3 is 10.4 Å². The van der Waals surface area contributed by atoms with E-state index in [1.54, 1.807) is 6.08 Å². The Morgan fingerprint density at radius 1 is 1.33 bits per heavy atom. The van der Waals surface area contributed by atoms with Crippen molar-refractivity contribution in [3.63, 3.8) is 0 Å². The lowest BCUT2D eigenvalue weighted by atomic mass is 10.0. The summed E-state index contributed by atoms with van der Waals surface area (Å²) in [5.74, 6) is -1.73. The van der Waals surface area contributed by atoms with Crippen LogP contribution >= 0.6 is 0 Å². The van der Waals surface area contributed by atoms with Crippen LogP contribution in [0.2, 0.25) is 0 Å². The molecule has 0 aliphatic carbocycles. The van der Waals surface area contributed by atoms with Crippen LogP contribution in [-0.4, -0.2) is 24.3 Å². The molecule has 0 amide bonds. The Balaban J connectivity index is 2.41. The Morgan fingerprint density at radius 2 is 2.13 bits per heavy atom. The summed E-state index contributed by atoms with van der Waals surface area (Å²) in [5.41, 5.74) is 0.798. The Labute approximate surface area is 86.2 Å². The van der Waals surface area contributed by atoms with Gasteiger partial charge in [0.2, 0.25) is 0 Å². The molecule has 15 heavy (non-hydrogen) atoms. The topological polar surface area (TPSA) is 32.3 Å². The van der Waals surface area contributed by atoms with Crippen molar-refractivity contribution in [3.8, 4) is 0 Å². The van der Waals surface area contributed by atoms with Crippen molar-refractivity contribution >= 4 is 5.57 Å². The molecule has 1 aliphatic rings. The second-order valence-electron chi connectivity index (χ2n) is 3.49. The molecule has 0 saturated carbocycles. The molecule has 0 saturated heterocycles. The van der Waals surface area contributed by atoms with Crippen molar-refractivity contribution in [1.82, 2.24) is 5.32 Å². The van der Waals surface area contributed by atoms with E-state index in [9.17, 15) is 13.9 Å². The van der Waals surface area contributed by atoms with Crippen LogP contribution in [0.15, 0.2) is 24.3 Å². The standard InChI is InChI=1S/C11H11F2NO/c12-10-3-1-2-9(11(10)13)7-4-8(15)6-14-5-7/h1-4,8,14-15H,5-6H2. The van der Waals surface area contributed by atoms with Crippen molar-refractivity contribution in [1.29, 1.82) is 0 Å². The van der Waals surface area contributed by atoms with Crippen LogP contribution < -0.4 is 5.32 Å². The minimum atomic E-state index is -0.867. The molecule has 0 fully saturated rings. The van der Waals surface area contributed by atoms with E-state index in [0.717, 1.165) is 6.07 Å². The Hall–Kier alpha value is -1.26. The third kappa shape index (κ3) is 2.06. The van der Waals surface area contributed by atoms with E-state index in [4.69, 9.17) is 0 Å². The van der Waals surface area contributed by atoms with Gasteiger partial charge in [-0.3, -0.25) is 0 Å². The van der Waals surface area contributed by atoms with Crippen LogP contribution in [0.1, 0.15) is 5.56 Å². The van der Waals surface area contributed by atoms with E-state index in [1.165, 1.54) is 12.1 Å². The first-order valence-electron chi connectivity index (χ1n) is 4.72. The summed E-state index contributed by atoms with van der Waals surface area (Å²) in [6.45, 7) is 0.887. The summed E-state index contributed by atoms with van der Waals surface area (Å²) < 4.78 is 26.3. The highest BCUT2D eigenvalue weighted by Gasteiger charge is 2.16. The number of benzene rings is 1. The molecular weight excluding hydrogens is 200 g/mol. The maximum atomic E-state index is 13.4. The van der Waals surface area contributed by atoms with Crippen LogP contribution in [0, 0.1) is 11.6 Å². The predicted octanol–water partition coefficient (Wildman–Crippen LogP) is 1.31. The Morgan fingerprint density at radius 3 is 2.87 bits per heavy atom. The van der Waals surface area contributed by atoms with Gasteiger partial charge in [0.05, 0.1) is 6.10 Å². The average molecular weight is 211 g/mol. The number of nitrogens with one attached hydrogen (secondary N) is 1. The molecule has 0 aromatic heterocycles. The minimum absolute atomic E-state index is 0.209. The molecule has 2 rings (SSSR count). The number of hydrogen-bond donors (Lipinski definition) is 2. The van der Waals surface area contributed by atoms with Gasteiger partial charge in [0.1, 0.15) is 0 Å². The van der Waals surface area contributed by atoms with E-state index < -0.39 is 17.7 Å². The highest BCUT2D eigenvalue weighted by Crippen LogP contribution is 2.21. The first-order chi connectivity index (χ1) is 7.18. The maximum absolute atomic E-state index is 13.4. The van der Waals surface area contributed by atoms with Gasteiger partial charge in [-0.25, -0.2) is 8.78 Å². The molecule has 0 radical (unpaired) electrons. The monoisotopic (exact) mass is 211 g/mol. The fraction of sp³-hybridized carbons (Fsp3) is 0.273. The second kappa shape index (κ2) is 4.08. The lowest BCUT2D eigenvalue weighted by Crippen LogP contribution is -2.32. The average Bonchev–Trinajstić information content (AvgIpc) is 2.22. The van der Waals surface area contributed by atoms with Crippen molar-refractivity contribution < 1.29 is 13.9 Å². The third-order valence-corrected chi connectivity index (χ3v) is 2.36. The SMILES string of the molecule is OC1C=C(c2cccc(F)c2F)CNC1. The molecule has 4 heteroatoms. The molecule has 1 atom stereocenters. The van der Waals surface area contributed by atoms with E-state index in [1.807, 2.05) is 0 Å². The number of aliphatic hydroxyl groups is 1. The molecule has 0 bridgehead atoms. The fourth-order valence-electron chi connectivity index (χ4n) is 1.64. The summed E-state index contributed by atoms with van der Waals surface area (Å²) in [7, 11) is 0. The Bertz CT molecular complexity index is 404. The summed E-state index contributed by atoms with van der Waals surface area (Å²) >= 11 is 0. The normalized spacial score (nSPS) is 21.3. The van der Waals surface area contributed by atoms with Crippen molar-refractivity contribution in [2.75, 3.05) is 13.1 Å². The first kappa shape index (κ1) is 10.3. The predicted molar refractivity (Wildman–Crippen MR) is 53.2 cm³/mol. The molecular formula is C11H11F2NO. The minimum Gasteiger partial charge on any atom is -0.388 e. The molecule has 1 aliphatic heterocycles. The van der Waals surface area contributed by atoms with Crippen LogP contribution in [0.25, 0.3) is 5.57 Å². The highest BCUT2D eigenvalue weighted by molar-refractivity contribution is 5.68. The second-order valence-corrected chi connectivity index (χ2v) is 3.49. The van der Waals surface area contributed by atoms with Gasteiger partial charge in [-0.15, -0.1) is 0 Å². The lowest BCUT2D eigenvalue weighted by Gasteiger charge is -2.19. The van der Waals surface area contributed by atoms with Gasteiger partial charge >= 0.3 is 0 Å². The number of β-amino-alcohol motifs (C(OH)–C–C–N with tert-alkyl or cyclic N) is 1. The van der Waals surface area contributed by atoms with E-state index in [0.29, 0.717) is 18.7 Å². The first-order valence-corrected chi connectivity index (χ1v) is 4.72. The van der Waals surface area contributed by atoms with Crippen molar-refractivity contribution in [3.05, 3.63) is 41.5 Å². The number of halogens is 2. The van der Waals surface area contributed by atoms with Gasteiger partial charge in [-0.2, -0.15) is 0 Å². The number of hydrogen-bond acceptors (Lipinski definition) is 2. The largest absolute Gasteiger partial charge is 0.388 e. The van der Waals surface area contributed by atoms with Crippen LogP contribution in [0.4, 0.5) is 8.78 Å². The summed E-state index contributed by atoms with van der Waals surface area (Å²) in [4.78, 5) is 0. The molecule has 0 spiro atoms. The van der Waals surface area contributed by atoms with Crippen LogP contribution in [0.5, 0.6) is 0 Å². The highest BCUT2D eigenvalue weighted by atomic mass is 19.2. The zero-order chi connectivity index (χ0) is 10.8. The van der Waals surface area contributed by atoms with Gasteiger partial charge in [0, 0.05) is 18.7 Å². The van der Waals surface area contributed by atoms with E-state index >= 15 is 0 Å². The van der Waals surface area contributed by atoms with Crippen molar-refractivity contribution in [2.24, 2.45) is 0 Å². The van der Waals surface area contributed by atoms with E-state index in [-0.39, 0.29) is 5.56 Å². The number of aliphatic hydroxyl groups excluding tert-OH is 1. The van der Waals surface area contributed by atoms with Gasteiger partial charge in [-0.05, 0) is 17.7 Å². The molecule has 1 heterocycles. The van der Waals surface area contributed by atoms with Crippen molar-refractivity contribution in [2.45, 2.75) is 6.10 Å². The summed E-state index contributed by atoms with van der Waals surface area (Å²) in [6.07, 6.45) is 0.908. The smallest absolute Gasteiger partial charge is 0.166 e. The lowest BCUT2D eigenvalue weighted by molar-refractivity contribution is 0.217. The van der Waals surface area contributed by atoms with Gasteiger partial charge in [0.15, 0.2) is 11.6 Å². The molecule has 80 valence electrons. The zero-order valence-electron chi connectivity index (χ0n) is 8.00. The van der Waals surface area contributed by atoms with Gasteiger partial charge in [-0.1, -0.05) is 12.1 Å².